The Labute approximate surface area is 135 Å². The van der Waals surface area contributed by atoms with Crippen molar-refractivity contribution in [2.45, 2.75) is 11.9 Å². The molecule has 0 saturated heterocycles. The van der Waals surface area contributed by atoms with Gasteiger partial charge in [-0.15, -0.1) is 0 Å². The molecule has 3 nitrogen and oxygen atoms in total. The van der Waals surface area contributed by atoms with Crippen molar-refractivity contribution < 1.29 is 13.5 Å². The maximum Gasteiger partial charge on any atom is 0.404 e. The number of carbonyl (C=O) groups excluding carboxylic acids is 1. The summed E-state index contributed by atoms with van der Waals surface area (Å²) in [5.41, 5.74) is 0.758. The van der Waals surface area contributed by atoms with Crippen molar-refractivity contribution in [3.8, 4) is 0 Å². The van der Waals surface area contributed by atoms with Crippen LogP contribution in [-0.2, 0) is 11.9 Å². The molecule has 2 aliphatic rings. The van der Waals surface area contributed by atoms with Crippen LogP contribution in [0.3, 0.4) is 0 Å². The number of hydrogen-bond donors (Lipinski definition) is 0. The van der Waals surface area contributed by atoms with Gasteiger partial charge < -0.3 is 9.22 Å². The number of aromatic nitrogens is 1. The average Bonchev–Trinajstić information content (AvgIpc) is 2.72. The van der Waals surface area contributed by atoms with Gasteiger partial charge in [0, 0.05) is 22.8 Å². The SMILES string of the molecule is [B]C12B(F)c3cc(Br)cc(F)c3CN1C(=O)c1cccnc12. The number of halogens is 3. The van der Waals surface area contributed by atoms with E-state index in [0.29, 0.717) is 4.47 Å². The molecule has 1 atom stereocenters. The predicted molar refractivity (Wildman–Crippen MR) is 82.1 cm³/mol. The molecule has 1 unspecified atom stereocenters. The molecular formula is C14H7B2BrF2N2O. The van der Waals surface area contributed by atoms with Crippen molar-refractivity contribution in [1.29, 1.82) is 0 Å². The fourth-order valence-corrected chi connectivity index (χ4v) is 3.66. The Morgan fingerprint density at radius 1 is 1.45 bits per heavy atom. The summed E-state index contributed by atoms with van der Waals surface area (Å²) in [5, 5.41) is -1.70. The predicted octanol–water partition coefficient (Wildman–Crippen LogP) is 1.68. The van der Waals surface area contributed by atoms with Gasteiger partial charge in [0.1, 0.15) is 13.7 Å². The third-order valence-corrected chi connectivity index (χ3v) is 4.74. The van der Waals surface area contributed by atoms with Crippen LogP contribution in [-0.4, -0.2) is 30.6 Å². The third kappa shape index (κ3) is 1.56. The lowest BCUT2D eigenvalue weighted by Crippen LogP contribution is -2.62. The molecule has 0 bridgehead atoms. The molecule has 0 saturated carbocycles. The zero-order chi connectivity index (χ0) is 15.6. The van der Waals surface area contributed by atoms with Crippen LogP contribution < -0.4 is 5.46 Å². The second-order valence-corrected chi connectivity index (χ2v) is 6.35. The topological polar surface area (TPSA) is 33.2 Å². The van der Waals surface area contributed by atoms with Crippen molar-refractivity contribution in [3.05, 3.63) is 57.6 Å². The van der Waals surface area contributed by atoms with Crippen molar-refractivity contribution in [3.63, 3.8) is 0 Å². The Morgan fingerprint density at radius 2 is 2.23 bits per heavy atom. The Kier molecular flexibility index (Phi) is 2.79. The van der Waals surface area contributed by atoms with Crippen LogP contribution in [0.2, 0.25) is 0 Å². The molecule has 2 aliphatic heterocycles. The van der Waals surface area contributed by atoms with Gasteiger partial charge in [-0.05, 0) is 29.7 Å². The first kappa shape index (κ1) is 13.9. The molecule has 0 aliphatic carbocycles. The van der Waals surface area contributed by atoms with E-state index >= 15 is 4.32 Å². The molecule has 8 heteroatoms. The molecule has 1 amide bonds. The molecule has 0 spiro atoms. The summed E-state index contributed by atoms with van der Waals surface area (Å²) in [4.78, 5) is 17.7. The lowest BCUT2D eigenvalue weighted by molar-refractivity contribution is 0.0715. The summed E-state index contributed by atoms with van der Waals surface area (Å²) in [6.45, 7) is -1.84. The molecule has 0 N–H and O–H groups in total. The van der Waals surface area contributed by atoms with E-state index in [4.69, 9.17) is 7.85 Å². The van der Waals surface area contributed by atoms with Crippen molar-refractivity contribution in [2.24, 2.45) is 0 Å². The quantitative estimate of drug-likeness (QED) is 0.671. The van der Waals surface area contributed by atoms with Crippen LogP contribution in [0.1, 0.15) is 21.6 Å². The first-order valence-electron chi connectivity index (χ1n) is 6.63. The van der Waals surface area contributed by atoms with Gasteiger partial charge in [0.25, 0.3) is 5.91 Å². The van der Waals surface area contributed by atoms with Gasteiger partial charge >= 0.3 is 6.99 Å². The number of nitrogens with zero attached hydrogens (tertiary/aromatic N) is 2. The van der Waals surface area contributed by atoms with Gasteiger partial charge in [0.2, 0.25) is 0 Å². The van der Waals surface area contributed by atoms with E-state index < -0.39 is 24.1 Å². The molecule has 22 heavy (non-hydrogen) atoms. The first-order valence-corrected chi connectivity index (χ1v) is 7.42. The van der Waals surface area contributed by atoms with E-state index in [9.17, 15) is 9.18 Å². The molecular weight excluding hydrogens is 352 g/mol. The van der Waals surface area contributed by atoms with E-state index in [0.717, 1.165) is 4.90 Å². The van der Waals surface area contributed by atoms with E-state index in [2.05, 4.69) is 20.9 Å². The number of amides is 1. The second kappa shape index (κ2) is 4.41. The Morgan fingerprint density at radius 3 is 3.00 bits per heavy atom. The highest BCUT2D eigenvalue weighted by Crippen LogP contribution is 2.41. The maximum atomic E-state index is 15.2. The minimum absolute atomic E-state index is 0.0828. The van der Waals surface area contributed by atoms with E-state index in [1.54, 1.807) is 12.1 Å². The molecule has 4 rings (SSSR count). The number of carbonyl (C=O) groups is 1. The number of benzene rings is 1. The largest absolute Gasteiger partial charge is 0.404 e. The normalized spacial score (nSPS) is 22.4. The van der Waals surface area contributed by atoms with Gasteiger partial charge in [0.15, 0.2) is 0 Å². The number of rotatable bonds is 0. The van der Waals surface area contributed by atoms with E-state index in [1.807, 2.05) is 0 Å². The van der Waals surface area contributed by atoms with Crippen LogP contribution in [0.4, 0.5) is 8.71 Å². The molecule has 1 aromatic carbocycles. The monoisotopic (exact) mass is 358 g/mol. The van der Waals surface area contributed by atoms with Crippen LogP contribution in [0, 0.1) is 5.82 Å². The second-order valence-electron chi connectivity index (χ2n) is 5.43. The van der Waals surface area contributed by atoms with Gasteiger partial charge in [-0.1, -0.05) is 15.9 Å². The number of hydrogen-bond acceptors (Lipinski definition) is 2. The average molecular weight is 359 g/mol. The standard InChI is InChI=1S/C14H7B2BrF2N2O/c15-14-12-8(2-1-3-20-12)13(22)21(14)6-9-10(16(14)19)4-7(17)5-11(9)18/h1-5H,6H2. The van der Waals surface area contributed by atoms with Crippen molar-refractivity contribution in [1.82, 2.24) is 9.88 Å². The fraction of sp³-hybridized carbons (Fsp3) is 0.143. The Bertz CT molecular complexity index is 834. The summed E-state index contributed by atoms with van der Waals surface area (Å²) in [6.07, 6.45) is 1.47. The van der Waals surface area contributed by atoms with Crippen LogP contribution >= 0.6 is 15.9 Å². The summed E-state index contributed by atoms with van der Waals surface area (Å²) in [7, 11) is 6.25. The number of pyridine rings is 1. The first-order chi connectivity index (χ1) is 10.4. The molecule has 0 fully saturated rings. The highest BCUT2D eigenvalue weighted by Gasteiger charge is 2.58. The lowest BCUT2D eigenvalue weighted by Gasteiger charge is -2.41. The zero-order valence-electron chi connectivity index (χ0n) is 11.2. The minimum Gasteiger partial charge on any atom is -0.335 e. The highest BCUT2D eigenvalue weighted by molar-refractivity contribution is 9.10. The molecule has 1 aromatic heterocycles. The Hall–Kier alpha value is -1.69. The van der Waals surface area contributed by atoms with E-state index in [1.165, 1.54) is 18.3 Å². The molecule has 2 aromatic rings. The van der Waals surface area contributed by atoms with E-state index in [-0.39, 0.29) is 28.8 Å². The van der Waals surface area contributed by atoms with Gasteiger partial charge in [-0.2, -0.15) is 0 Å². The molecule has 106 valence electrons. The summed E-state index contributed by atoms with van der Waals surface area (Å²) in [6, 6.07) is 5.90. The Balaban J connectivity index is 1.99. The zero-order valence-corrected chi connectivity index (χ0v) is 12.8. The maximum absolute atomic E-state index is 15.2. The minimum atomic E-state index is -1.76. The van der Waals surface area contributed by atoms with Crippen LogP contribution in [0.25, 0.3) is 0 Å². The van der Waals surface area contributed by atoms with Gasteiger partial charge in [0.05, 0.1) is 16.6 Å². The number of fused-ring (bicyclic) bond motifs is 4. The molecule has 3 heterocycles. The molecule has 2 radical (unpaired) electrons. The summed E-state index contributed by atoms with van der Waals surface area (Å²) in [5.74, 6) is -0.994. The lowest BCUT2D eigenvalue weighted by atomic mass is 9.37. The third-order valence-electron chi connectivity index (χ3n) is 4.28. The smallest absolute Gasteiger partial charge is 0.335 e. The van der Waals surface area contributed by atoms with Gasteiger partial charge in [-0.25, -0.2) is 4.39 Å². The van der Waals surface area contributed by atoms with Crippen LogP contribution in [0.5, 0.6) is 0 Å². The van der Waals surface area contributed by atoms with Crippen LogP contribution in [0.15, 0.2) is 34.9 Å². The summed E-state index contributed by atoms with van der Waals surface area (Å²) < 4.78 is 29.8. The fourth-order valence-electron chi connectivity index (χ4n) is 3.21. The van der Waals surface area contributed by atoms with Gasteiger partial charge in [-0.3, -0.25) is 9.78 Å². The van der Waals surface area contributed by atoms with Crippen molar-refractivity contribution in [2.75, 3.05) is 0 Å². The van der Waals surface area contributed by atoms with Crippen molar-refractivity contribution >= 4 is 42.1 Å². The highest BCUT2D eigenvalue weighted by atomic mass is 79.9. The summed E-state index contributed by atoms with van der Waals surface area (Å²) >= 11 is 3.16.